The van der Waals surface area contributed by atoms with Gasteiger partial charge in [0.25, 0.3) is 0 Å². The highest BCUT2D eigenvalue weighted by Crippen LogP contribution is 2.38. The van der Waals surface area contributed by atoms with E-state index < -0.39 is 0 Å². The first-order valence-corrected chi connectivity index (χ1v) is 9.20. The standard InChI is InChI=1S/C14H26N4S2/c1-5-8-15-11-7-6-10(2)9-12(11)19-14-17-16-13(20-14)18(3)4/h10-12,15H,5-9H2,1-4H3. The van der Waals surface area contributed by atoms with E-state index in [4.69, 9.17) is 0 Å². The Balaban J connectivity index is 1.98. The minimum absolute atomic E-state index is 0.628. The summed E-state index contributed by atoms with van der Waals surface area (Å²) in [4.78, 5) is 2.03. The molecule has 114 valence electrons. The Labute approximate surface area is 130 Å². The van der Waals surface area contributed by atoms with Gasteiger partial charge in [-0.15, -0.1) is 10.2 Å². The molecule has 3 atom stereocenters. The number of thioether (sulfide) groups is 1. The van der Waals surface area contributed by atoms with E-state index in [9.17, 15) is 0 Å². The summed E-state index contributed by atoms with van der Waals surface area (Å²) in [6.45, 7) is 5.72. The maximum atomic E-state index is 4.33. The van der Waals surface area contributed by atoms with Crippen molar-refractivity contribution in [3.63, 3.8) is 0 Å². The number of nitrogens with zero attached hydrogens (tertiary/aromatic N) is 3. The number of anilines is 1. The zero-order valence-corrected chi connectivity index (χ0v) is 14.6. The monoisotopic (exact) mass is 314 g/mol. The van der Waals surface area contributed by atoms with Crippen LogP contribution in [0.25, 0.3) is 0 Å². The zero-order valence-electron chi connectivity index (χ0n) is 12.9. The molecule has 1 aliphatic rings. The molecular formula is C14H26N4S2. The van der Waals surface area contributed by atoms with Gasteiger partial charge in [-0.1, -0.05) is 36.9 Å². The van der Waals surface area contributed by atoms with Crippen molar-refractivity contribution in [2.24, 2.45) is 5.92 Å². The lowest BCUT2D eigenvalue weighted by atomic mass is 9.87. The van der Waals surface area contributed by atoms with Crippen LogP contribution in [0, 0.1) is 5.92 Å². The number of rotatable bonds is 6. The molecule has 1 aliphatic carbocycles. The molecule has 0 aliphatic heterocycles. The van der Waals surface area contributed by atoms with Crippen molar-refractivity contribution in [2.75, 3.05) is 25.5 Å². The molecule has 20 heavy (non-hydrogen) atoms. The summed E-state index contributed by atoms with van der Waals surface area (Å²) in [5.41, 5.74) is 0. The van der Waals surface area contributed by atoms with E-state index in [1.165, 1.54) is 25.7 Å². The molecule has 0 bridgehead atoms. The molecule has 0 spiro atoms. The highest BCUT2D eigenvalue weighted by Gasteiger charge is 2.30. The highest BCUT2D eigenvalue weighted by atomic mass is 32.2. The van der Waals surface area contributed by atoms with Gasteiger partial charge in [0.15, 0.2) is 4.34 Å². The van der Waals surface area contributed by atoms with Crippen LogP contribution in [0.2, 0.25) is 0 Å². The third-order valence-corrected chi connectivity index (χ3v) is 6.27. The van der Waals surface area contributed by atoms with E-state index in [-0.39, 0.29) is 0 Å². The first kappa shape index (κ1) is 16.0. The van der Waals surface area contributed by atoms with Crippen LogP contribution in [0.3, 0.4) is 0 Å². The van der Waals surface area contributed by atoms with Gasteiger partial charge < -0.3 is 10.2 Å². The smallest absolute Gasteiger partial charge is 0.208 e. The van der Waals surface area contributed by atoms with Crippen LogP contribution in [-0.2, 0) is 0 Å². The summed E-state index contributed by atoms with van der Waals surface area (Å²) < 4.78 is 1.11. The van der Waals surface area contributed by atoms with Gasteiger partial charge in [0.2, 0.25) is 5.13 Å². The summed E-state index contributed by atoms with van der Waals surface area (Å²) >= 11 is 3.62. The van der Waals surface area contributed by atoms with Crippen LogP contribution in [-0.4, -0.2) is 42.1 Å². The van der Waals surface area contributed by atoms with E-state index in [0.717, 1.165) is 21.9 Å². The lowest BCUT2D eigenvalue weighted by Crippen LogP contribution is -2.42. The molecule has 1 aromatic rings. The number of hydrogen-bond donors (Lipinski definition) is 1. The third-order valence-electron chi connectivity index (χ3n) is 3.74. The maximum absolute atomic E-state index is 4.33. The second-order valence-corrected chi connectivity index (χ2v) is 8.32. The summed E-state index contributed by atoms with van der Waals surface area (Å²) in [5, 5.41) is 13.9. The molecule has 4 nitrogen and oxygen atoms in total. The fourth-order valence-corrected chi connectivity index (χ4v) is 5.04. The van der Waals surface area contributed by atoms with E-state index in [2.05, 4.69) is 29.4 Å². The van der Waals surface area contributed by atoms with Crippen molar-refractivity contribution >= 4 is 28.2 Å². The van der Waals surface area contributed by atoms with Gasteiger partial charge in [-0.2, -0.15) is 0 Å². The number of nitrogens with one attached hydrogen (secondary N) is 1. The molecule has 1 fully saturated rings. The summed E-state index contributed by atoms with van der Waals surface area (Å²) in [6.07, 6.45) is 5.12. The quantitative estimate of drug-likeness (QED) is 0.873. The van der Waals surface area contributed by atoms with E-state index in [1.54, 1.807) is 11.3 Å². The van der Waals surface area contributed by atoms with E-state index >= 15 is 0 Å². The van der Waals surface area contributed by atoms with Crippen LogP contribution in [0.4, 0.5) is 5.13 Å². The Kier molecular flexibility index (Phi) is 6.11. The van der Waals surface area contributed by atoms with Crippen molar-refractivity contribution < 1.29 is 0 Å². The molecule has 6 heteroatoms. The van der Waals surface area contributed by atoms with Crippen molar-refractivity contribution in [2.45, 2.75) is 55.2 Å². The molecule has 1 N–H and O–H groups in total. The van der Waals surface area contributed by atoms with Crippen LogP contribution in [0.5, 0.6) is 0 Å². The van der Waals surface area contributed by atoms with Gasteiger partial charge in [-0.25, -0.2) is 0 Å². The average molecular weight is 315 g/mol. The first-order valence-electron chi connectivity index (χ1n) is 7.51. The van der Waals surface area contributed by atoms with Crippen molar-refractivity contribution in [1.29, 1.82) is 0 Å². The normalized spacial score (nSPS) is 26.7. The van der Waals surface area contributed by atoms with Crippen LogP contribution in [0.1, 0.15) is 39.5 Å². The van der Waals surface area contributed by atoms with Gasteiger partial charge in [-0.05, 0) is 38.1 Å². The SMILES string of the molecule is CCCNC1CCC(C)CC1Sc1nnc(N(C)C)s1. The minimum atomic E-state index is 0.628. The molecule has 0 amide bonds. The first-order chi connectivity index (χ1) is 9.60. The third kappa shape index (κ3) is 4.33. The molecule has 0 aromatic carbocycles. The topological polar surface area (TPSA) is 41.1 Å². The predicted octanol–water partition coefficient (Wildman–Crippen LogP) is 3.25. The maximum Gasteiger partial charge on any atom is 0.208 e. The molecule has 1 aromatic heterocycles. The molecule has 0 saturated heterocycles. The van der Waals surface area contributed by atoms with E-state index in [1.807, 2.05) is 30.8 Å². The molecule has 2 rings (SSSR count). The fourth-order valence-electron chi connectivity index (χ4n) is 2.58. The fraction of sp³-hybridized carbons (Fsp3) is 0.857. The summed E-state index contributed by atoms with van der Waals surface area (Å²) in [7, 11) is 4.03. The summed E-state index contributed by atoms with van der Waals surface area (Å²) in [5.74, 6) is 0.827. The number of aromatic nitrogens is 2. The van der Waals surface area contributed by atoms with E-state index in [0.29, 0.717) is 11.3 Å². The van der Waals surface area contributed by atoms with Gasteiger partial charge in [0, 0.05) is 25.4 Å². The molecule has 1 saturated carbocycles. The van der Waals surface area contributed by atoms with Crippen molar-refractivity contribution in [1.82, 2.24) is 15.5 Å². The second-order valence-electron chi connectivity index (χ2n) is 5.88. The predicted molar refractivity (Wildman–Crippen MR) is 89.0 cm³/mol. The van der Waals surface area contributed by atoms with Crippen LogP contribution >= 0.6 is 23.1 Å². The Morgan fingerprint density at radius 3 is 2.80 bits per heavy atom. The summed E-state index contributed by atoms with van der Waals surface area (Å²) in [6, 6.07) is 0.628. The minimum Gasteiger partial charge on any atom is -0.353 e. The largest absolute Gasteiger partial charge is 0.353 e. The van der Waals surface area contributed by atoms with Gasteiger partial charge in [0.05, 0.1) is 0 Å². The Morgan fingerprint density at radius 2 is 2.15 bits per heavy atom. The zero-order chi connectivity index (χ0) is 14.5. The van der Waals surface area contributed by atoms with Gasteiger partial charge in [-0.3, -0.25) is 0 Å². The van der Waals surface area contributed by atoms with Crippen LogP contribution < -0.4 is 10.2 Å². The van der Waals surface area contributed by atoms with Crippen molar-refractivity contribution in [3.8, 4) is 0 Å². The van der Waals surface area contributed by atoms with Crippen LogP contribution in [0.15, 0.2) is 4.34 Å². The van der Waals surface area contributed by atoms with Gasteiger partial charge >= 0.3 is 0 Å². The molecule has 1 heterocycles. The Morgan fingerprint density at radius 1 is 1.35 bits per heavy atom. The Hall–Kier alpha value is -0.330. The molecule has 0 radical (unpaired) electrons. The average Bonchev–Trinajstić information content (AvgIpc) is 2.87. The lowest BCUT2D eigenvalue weighted by molar-refractivity contribution is 0.317. The van der Waals surface area contributed by atoms with Crippen molar-refractivity contribution in [3.05, 3.63) is 0 Å². The second kappa shape index (κ2) is 7.61. The molecular weight excluding hydrogens is 288 g/mol. The molecule has 3 unspecified atom stereocenters. The highest BCUT2D eigenvalue weighted by molar-refractivity contribution is 8.01. The Bertz CT molecular complexity index is 406. The van der Waals surface area contributed by atoms with Gasteiger partial charge in [0.1, 0.15) is 0 Å². The lowest BCUT2D eigenvalue weighted by Gasteiger charge is -2.34. The number of hydrogen-bond acceptors (Lipinski definition) is 6.